The van der Waals surface area contributed by atoms with Crippen LogP contribution in [0.15, 0.2) is 0 Å². The summed E-state index contributed by atoms with van der Waals surface area (Å²) in [7, 11) is 0. The van der Waals surface area contributed by atoms with Gasteiger partial charge < -0.3 is 10.1 Å². The van der Waals surface area contributed by atoms with Crippen molar-refractivity contribution in [2.45, 2.75) is 52.7 Å². The van der Waals surface area contributed by atoms with Crippen LogP contribution in [-0.4, -0.2) is 49.8 Å². The topological polar surface area (TPSA) is 24.5 Å². The van der Waals surface area contributed by atoms with E-state index in [1.807, 2.05) is 0 Å². The Morgan fingerprint density at radius 1 is 1.29 bits per heavy atom. The molecule has 1 heterocycles. The van der Waals surface area contributed by atoms with E-state index in [2.05, 4.69) is 37.9 Å². The van der Waals surface area contributed by atoms with Gasteiger partial charge in [0, 0.05) is 25.7 Å². The second-order valence-electron chi connectivity index (χ2n) is 5.16. The molecule has 0 aromatic carbocycles. The van der Waals surface area contributed by atoms with Crippen molar-refractivity contribution in [1.82, 2.24) is 10.2 Å². The first-order valence-electron chi connectivity index (χ1n) is 7.28. The first-order chi connectivity index (χ1) is 8.21. The van der Waals surface area contributed by atoms with Crippen molar-refractivity contribution in [2.75, 3.05) is 32.8 Å². The van der Waals surface area contributed by atoms with Gasteiger partial charge in [-0.25, -0.2) is 0 Å². The van der Waals surface area contributed by atoms with Crippen LogP contribution >= 0.6 is 0 Å². The van der Waals surface area contributed by atoms with Gasteiger partial charge in [0.05, 0.1) is 12.7 Å². The van der Waals surface area contributed by atoms with Gasteiger partial charge >= 0.3 is 0 Å². The molecule has 0 radical (unpaired) electrons. The van der Waals surface area contributed by atoms with E-state index in [1.165, 1.54) is 12.8 Å². The third-order valence-corrected chi connectivity index (χ3v) is 4.09. The first-order valence-corrected chi connectivity index (χ1v) is 7.28. The molecule has 1 saturated heterocycles. The number of nitrogens with zero attached hydrogens (tertiary/aromatic N) is 1. The molecule has 17 heavy (non-hydrogen) atoms. The lowest BCUT2D eigenvalue weighted by atomic mass is 9.95. The average molecular weight is 242 g/mol. The van der Waals surface area contributed by atoms with Crippen molar-refractivity contribution < 1.29 is 4.74 Å². The molecule has 0 aromatic heterocycles. The van der Waals surface area contributed by atoms with Crippen LogP contribution in [0.1, 0.15) is 40.5 Å². The highest BCUT2D eigenvalue weighted by molar-refractivity contribution is 4.76. The smallest absolute Gasteiger partial charge is 0.0826 e. The minimum Gasteiger partial charge on any atom is -0.374 e. The fourth-order valence-electron chi connectivity index (χ4n) is 2.67. The fraction of sp³-hybridized carbons (Fsp3) is 1.00. The molecule has 1 aliphatic rings. The van der Waals surface area contributed by atoms with E-state index in [1.54, 1.807) is 0 Å². The molecule has 0 saturated carbocycles. The Morgan fingerprint density at radius 2 is 2.00 bits per heavy atom. The summed E-state index contributed by atoms with van der Waals surface area (Å²) in [5, 5.41) is 3.65. The van der Waals surface area contributed by atoms with E-state index >= 15 is 0 Å². The Bertz CT molecular complexity index is 195. The summed E-state index contributed by atoms with van der Waals surface area (Å²) >= 11 is 0. The highest BCUT2D eigenvalue weighted by Gasteiger charge is 2.20. The summed E-state index contributed by atoms with van der Waals surface area (Å²) in [5.41, 5.74) is 0. The predicted octanol–water partition coefficient (Wildman–Crippen LogP) is 2.12. The van der Waals surface area contributed by atoms with Crippen molar-refractivity contribution in [1.29, 1.82) is 0 Å². The number of ether oxygens (including phenoxy) is 1. The summed E-state index contributed by atoms with van der Waals surface area (Å²) in [6.07, 6.45) is 2.90. The molecule has 102 valence electrons. The highest BCUT2D eigenvalue weighted by Crippen LogP contribution is 2.13. The minimum absolute atomic E-state index is 0.375. The van der Waals surface area contributed by atoms with E-state index in [-0.39, 0.29) is 0 Å². The second kappa shape index (κ2) is 8.06. The number of hydrogen-bond acceptors (Lipinski definition) is 3. The Morgan fingerprint density at radius 3 is 2.59 bits per heavy atom. The molecule has 1 aliphatic heterocycles. The normalized spacial score (nSPS) is 24.2. The molecule has 2 atom stereocenters. The third kappa shape index (κ3) is 4.94. The van der Waals surface area contributed by atoms with Gasteiger partial charge in [-0.05, 0) is 19.4 Å². The van der Waals surface area contributed by atoms with Crippen molar-refractivity contribution in [3.8, 4) is 0 Å². The standard InChI is InChI=1S/C14H30N2O/c1-5-13(6-2)12(4)15-10-14-11-16(7-3)8-9-17-14/h12-15H,5-11H2,1-4H3. The van der Waals surface area contributed by atoms with Gasteiger partial charge in [0.1, 0.15) is 0 Å². The average Bonchev–Trinajstić information content (AvgIpc) is 2.38. The van der Waals surface area contributed by atoms with Gasteiger partial charge in [-0.15, -0.1) is 0 Å². The SMILES string of the molecule is CCC(CC)C(C)NCC1CN(CC)CCO1. The van der Waals surface area contributed by atoms with Gasteiger partial charge in [-0.3, -0.25) is 4.90 Å². The quantitative estimate of drug-likeness (QED) is 0.740. The summed E-state index contributed by atoms with van der Waals surface area (Å²) in [4.78, 5) is 2.47. The van der Waals surface area contributed by atoms with Crippen LogP contribution in [0.2, 0.25) is 0 Å². The molecule has 0 amide bonds. The molecule has 0 spiro atoms. The Balaban J connectivity index is 2.25. The third-order valence-electron chi connectivity index (χ3n) is 4.09. The largest absolute Gasteiger partial charge is 0.374 e. The zero-order valence-corrected chi connectivity index (χ0v) is 12.0. The molecule has 1 rings (SSSR count). The van der Waals surface area contributed by atoms with Crippen LogP contribution in [0.25, 0.3) is 0 Å². The first kappa shape index (κ1) is 14.9. The zero-order chi connectivity index (χ0) is 12.7. The molecule has 1 fully saturated rings. The van der Waals surface area contributed by atoms with Gasteiger partial charge in [-0.1, -0.05) is 33.6 Å². The maximum atomic E-state index is 5.80. The van der Waals surface area contributed by atoms with Crippen LogP contribution in [0, 0.1) is 5.92 Å². The van der Waals surface area contributed by atoms with Gasteiger partial charge in [0.2, 0.25) is 0 Å². The van der Waals surface area contributed by atoms with E-state index < -0.39 is 0 Å². The Hall–Kier alpha value is -0.120. The van der Waals surface area contributed by atoms with E-state index in [4.69, 9.17) is 4.74 Å². The van der Waals surface area contributed by atoms with E-state index in [9.17, 15) is 0 Å². The number of hydrogen-bond donors (Lipinski definition) is 1. The van der Waals surface area contributed by atoms with Crippen LogP contribution in [0.3, 0.4) is 0 Å². The highest BCUT2D eigenvalue weighted by atomic mass is 16.5. The molecule has 1 N–H and O–H groups in total. The van der Waals surface area contributed by atoms with Crippen molar-refractivity contribution in [3.05, 3.63) is 0 Å². The number of likely N-dealkylation sites (N-methyl/N-ethyl adjacent to an activating group) is 1. The zero-order valence-electron chi connectivity index (χ0n) is 12.0. The fourth-order valence-corrected chi connectivity index (χ4v) is 2.67. The van der Waals surface area contributed by atoms with E-state index in [0.717, 1.165) is 38.7 Å². The predicted molar refractivity (Wildman–Crippen MR) is 73.4 cm³/mol. The molecule has 0 aromatic rings. The lowest BCUT2D eigenvalue weighted by Crippen LogP contribution is -2.48. The maximum absolute atomic E-state index is 5.80. The van der Waals surface area contributed by atoms with Gasteiger partial charge in [0.15, 0.2) is 0 Å². The summed E-state index contributed by atoms with van der Waals surface area (Å²) in [6, 6.07) is 0.602. The summed E-state index contributed by atoms with van der Waals surface area (Å²) < 4.78 is 5.80. The molecule has 0 aliphatic carbocycles. The molecule has 0 bridgehead atoms. The van der Waals surface area contributed by atoms with Gasteiger partial charge in [-0.2, -0.15) is 0 Å². The van der Waals surface area contributed by atoms with Crippen LogP contribution < -0.4 is 5.32 Å². The molecule has 2 unspecified atom stereocenters. The van der Waals surface area contributed by atoms with Crippen molar-refractivity contribution >= 4 is 0 Å². The summed E-state index contributed by atoms with van der Waals surface area (Å²) in [5.74, 6) is 0.792. The Kier molecular flexibility index (Phi) is 7.09. The molecule has 3 heteroatoms. The van der Waals surface area contributed by atoms with Crippen molar-refractivity contribution in [3.63, 3.8) is 0 Å². The lowest BCUT2D eigenvalue weighted by Gasteiger charge is -2.33. The number of nitrogens with one attached hydrogen (secondary N) is 1. The van der Waals surface area contributed by atoms with Gasteiger partial charge in [0.25, 0.3) is 0 Å². The lowest BCUT2D eigenvalue weighted by molar-refractivity contribution is -0.0269. The molecular formula is C14H30N2O. The van der Waals surface area contributed by atoms with Crippen LogP contribution in [0.5, 0.6) is 0 Å². The maximum Gasteiger partial charge on any atom is 0.0826 e. The monoisotopic (exact) mass is 242 g/mol. The Labute approximate surface area is 107 Å². The second-order valence-corrected chi connectivity index (χ2v) is 5.16. The van der Waals surface area contributed by atoms with Crippen LogP contribution in [0.4, 0.5) is 0 Å². The minimum atomic E-state index is 0.375. The molecular weight excluding hydrogens is 212 g/mol. The summed E-state index contributed by atoms with van der Waals surface area (Å²) in [6.45, 7) is 14.3. The number of morpholine rings is 1. The van der Waals surface area contributed by atoms with Crippen LogP contribution in [-0.2, 0) is 4.74 Å². The molecule has 3 nitrogen and oxygen atoms in total. The van der Waals surface area contributed by atoms with Crippen molar-refractivity contribution in [2.24, 2.45) is 5.92 Å². The number of rotatable bonds is 7. The van der Waals surface area contributed by atoms with E-state index in [0.29, 0.717) is 12.1 Å².